The molecule has 0 bridgehead atoms. The minimum Gasteiger partial charge on any atom is -0.479 e. The van der Waals surface area contributed by atoms with Gasteiger partial charge in [-0.3, -0.25) is 0 Å². The molecule has 1 atom stereocenters. The monoisotopic (exact) mass is 250 g/mol. The summed E-state index contributed by atoms with van der Waals surface area (Å²) in [6, 6.07) is 4.47. The van der Waals surface area contributed by atoms with Crippen LogP contribution in [0.1, 0.15) is 6.92 Å². The van der Waals surface area contributed by atoms with Crippen LogP contribution in [0.3, 0.4) is 0 Å². The third kappa shape index (κ3) is 4.62. The van der Waals surface area contributed by atoms with Gasteiger partial charge in [-0.15, -0.1) is 13.2 Å². The molecule has 1 rings (SSSR count). The maximum atomic E-state index is 11.8. The largest absolute Gasteiger partial charge is 0.573 e. The second-order valence-corrected chi connectivity index (χ2v) is 3.12. The highest BCUT2D eigenvalue weighted by atomic mass is 19.4. The molecule has 94 valence electrons. The summed E-state index contributed by atoms with van der Waals surface area (Å²) in [7, 11) is 0. The van der Waals surface area contributed by atoms with E-state index in [1.165, 1.54) is 19.1 Å². The van der Waals surface area contributed by atoms with Crippen molar-refractivity contribution in [2.75, 3.05) is 0 Å². The highest BCUT2D eigenvalue weighted by molar-refractivity contribution is 5.72. The van der Waals surface area contributed by atoms with Crippen LogP contribution in [0.5, 0.6) is 11.5 Å². The molecule has 0 aromatic heterocycles. The number of carbonyl (C=O) groups is 1. The molecule has 0 aliphatic rings. The lowest BCUT2D eigenvalue weighted by atomic mass is 10.3. The van der Waals surface area contributed by atoms with E-state index in [1.54, 1.807) is 0 Å². The van der Waals surface area contributed by atoms with E-state index < -0.39 is 24.2 Å². The van der Waals surface area contributed by atoms with Crippen molar-refractivity contribution >= 4 is 5.97 Å². The number of carboxylic acid groups (broad SMARTS) is 1. The first-order chi connectivity index (χ1) is 7.78. The van der Waals surface area contributed by atoms with Crippen LogP contribution in [0.2, 0.25) is 0 Å². The Balaban J connectivity index is 2.65. The van der Waals surface area contributed by atoms with Crippen LogP contribution < -0.4 is 9.47 Å². The summed E-state index contributed by atoms with van der Waals surface area (Å²) in [4.78, 5) is 10.5. The molecule has 1 N–H and O–H groups in total. The van der Waals surface area contributed by atoms with E-state index in [2.05, 4.69) is 4.74 Å². The zero-order chi connectivity index (χ0) is 13.1. The highest BCUT2D eigenvalue weighted by Gasteiger charge is 2.31. The molecule has 0 saturated carbocycles. The molecule has 4 nitrogen and oxygen atoms in total. The number of rotatable bonds is 4. The minimum atomic E-state index is -4.75. The van der Waals surface area contributed by atoms with Gasteiger partial charge in [0.1, 0.15) is 11.5 Å². The van der Waals surface area contributed by atoms with Crippen LogP contribution in [0.4, 0.5) is 13.2 Å². The van der Waals surface area contributed by atoms with Crippen LogP contribution >= 0.6 is 0 Å². The first-order valence-corrected chi connectivity index (χ1v) is 4.53. The molecule has 1 aromatic carbocycles. The van der Waals surface area contributed by atoms with Gasteiger partial charge in [-0.05, 0) is 31.2 Å². The summed E-state index contributed by atoms with van der Waals surface area (Å²) in [5.41, 5.74) is 0. The standard InChI is InChI=1S/C10H9F3O4/c1-6(9(14)15)16-7-2-4-8(5-3-7)17-10(11,12)13/h2-6H,1H3,(H,14,15). The summed E-state index contributed by atoms with van der Waals surface area (Å²) >= 11 is 0. The van der Waals surface area contributed by atoms with E-state index in [1.807, 2.05) is 0 Å². The zero-order valence-electron chi connectivity index (χ0n) is 8.69. The van der Waals surface area contributed by atoms with Crippen molar-refractivity contribution in [3.8, 4) is 11.5 Å². The number of benzene rings is 1. The number of halogens is 3. The first kappa shape index (κ1) is 13.1. The Labute approximate surface area is 94.6 Å². The number of hydrogen-bond donors (Lipinski definition) is 1. The fourth-order valence-electron chi connectivity index (χ4n) is 0.974. The van der Waals surface area contributed by atoms with Crippen LogP contribution in [0, 0.1) is 0 Å². The van der Waals surface area contributed by atoms with E-state index in [-0.39, 0.29) is 5.75 Å². The highest BCUT2D eigenvalue weighted by Crippen LogP contribution is 2.24. The molecule has 7 heteroatoms. The van der Waals surface area contributed by atoms with E-state index >= 15 is 0 Å². The molecular formula is C10H9F3O4. The first-order valence-electron chi connectivity index (χ1n) is 4.53. The van der Waals surface area contributed by atoms with Gasteiger partial charge in [-0.25, -0.2) is 4.79 Å². The van der Waals surface area contributed by atoms with Gasteiger partial charge >= 0.3 is 12.3 Å². The average molecular weight is 250 g/mol. The van der Waals surface area contributed by atoms with E-state index in [4.69, 9.17) is 9.84 Å². The van der Waals surface area contributed by atoms with Crippen LogP contribution in [-0.2, 0) is 4.79 Å². The summed E-state index contributed by atoms with van der Waals surface area (Å²) in [5, 5.41) is 8.55. The molecule has 0 heterocycles. The van der Waals surface area contributed by atoms with Gasteiger partial charge in [0.2, 0.25) is 0 Å². The van der Waals surface area contributed by atoms with Gasteiger partial charge in [-0.1, -0.05) is 0 Å². The van der Waals surface area contributed by atoms with Crippen molar-refractivity contribution in [2.45, 2.75) is 19.4 Å². The molecule has 1 aromatic rings. The lowest BCUT2D eigenvalue weighted by Gasteiger charge is -2.12. The molecule has 0 saturated heterocycles. The smallest absolute Gasteiger partial charge is 0.479 e. The average Bonchev–Trinajstić information content (AvgIpc) is 2.18. The topological polar surface area (TPSA) is 55.8 Å². The quantitative estimate of drug-likeness (QED) is 0.891. The van der Waals surface area contributed by atoms with E-state index in [9.17, 15) is 18.0 Å². The Bertz CT molecular complexity index is 386. The van der Waals surface area contributed by atoms with Crippen molar-refractivity contribution < 1.29 is 32.5 Å². The second kappa shape index (κ2) is 4.94. The van der Waals surface area contributed by atoms with Gasteiger partial charge in [0.15, 0.2) is 6.10 Å². The third-order valence-electron chi connectivity index (χ3n) is 1.72. The predicted octanol–water partition coefficient (Wildman–Crippen LogP) is 2.44. The van der Waals surface area contributed by atoms with Gasteiger partial charge in [0, 0.05) is 0 Å². The SMILES string of the molecule is CC(Oc1ccc(OC(F)(F)F)cc1)C(=O)O. The summed E-state index contributed by atoms with van der Waals surface area (Å²) in [6.45, 7) is 1.31. The molecule has 1 unspecified atom stereocenters. The normalized spacial score (nSPS) is 12.9. The zero-order valence-corrected chi connectivity index (χ0v) is 8.69. The summed E-state index contributed by atoms with van der Waals surface area (Å²) in [5.74, 6) is -1.41. The maximum Gasteiger partial charge on any atom is 0.573 e. The molecule has 0 fully saturated rings. The van der Waals surface area contributed by atoms with Gasteiger partial charge in [0.05, 0.1) is 0 Å². The minimum absolute atomic E-state index is 0.148. The number of alkyl halides is 3. The van der Waals surface area contributed by atoms with Gasteiger partial charge in [-0.2, -0.15) is 0 Å². The van der Waals surface area contributed by atoms with Crippen LogP contribution in [-0.4, -0.2) is 23.5 Å². The maximum absolute atomic E-state index is 11.8. The lowest BCUT2D eigenvalue weighted by molar-refractivity contribution is -0.274. The fraction of sp³-hybridized carbons (Fsp3) is 0.300. The molecule has 0 spiro atoms. The molecule has 0 aliphatic heterocycles. The second-order valence-electron chi connectivity index (χ2n) is 3.12. The molecule has 0 amide bonds. The van der Waals surface area contributed by atoms with Crippen molar-refractivity contribution in [3.05, 3.63) is 24.3 Å². The molecular weight excluding hydrogens is 241 g/mol. The Hall–Kier alpha value is -1.92. The molecule has 0 radical (unpaired) electrons. The Kier molecular flexibility index (Phi) is 3.82. The van der Waals surface area contributed by atoms with Crippen molar-refractivity contribution in [1.29, 1.82) is 0 Å². The van der Waals surface area contributed by atoms with E-state index in [0.29, 0.717) is 0 Å². The van der Waals surface area contributed by atoms with E-state index in [0.717, 1.165) is 12.1 Å². The third-order valence-corrected chi connectivity index (χ3v) is 1.72. The number of hydrogen-bond acceptors (Lipinski definition) is 3. The number of carboxylic acids is 1. The number of ether oxygens (including phenoxy) is 2. The lowest BCUT2D eigenvalue weighted by Crippen LogP contribution is -2.22. The van der Waals surface area contributed by atoms with Gasteiger partial charge < -0.3 is 14.6 Å². The van der Waals surface area contributed by atoms with Gasteiger partial charge in [0.25, 0.3) is 0 Å². The summed E-state index contributed by atoms with van der Waals surface area (Å²) in [6.07, 6.45) is -5.83. The predicted molar refractivity (Wildman–Crippen MR) is 50.9 cm³/mol. The summed E-state index contributed by atoms with van der Waals surface area (Å²) < 4.78 is 44.0. The van der Waals surface area contributed by atoms with Crippen molar-refractivity contribution in [1.82, 2.24) is 0 Å². The Morgan fingerprint density at radius 2 is 1.71 bits per heavy atom. The van der Waals surface area contributed by atoms with Crippen LogP contribution in [0.15, 0.2) is 24.3 Å². The molecule has 0 aliphatic carbocycles. The Morgan fingerprint density at radius 3 is 2.12 bits per heavy atom. The van der Waals surface area contributed by atoms with Crippen molar-refractivity contribution in [3.63, 3.8) is 0 Å². The van der Waals surface area contributed by atoms with Crippen LogP contribution in [0.25, 0.3) is 0 Å². The van der Waals surface area contributed by atoms with Crippen molar-refractivity contribution in [2.24, 2.45) is 0 Å². The fourth-order valence-corrected chi connectivity index (χ4v) is 0.974. The number of aliphatic carboxylic acids is 1. The molecule has 17 heavy (non-hydrogen) atoms. The Morgan fingerprint density at radius 1 is 1.24 bits per heavy atom.